The molecule has 0 unspecified atom stereocenters. The van der Waals surface area contributed by atoms with E-state index in [-0.39, 0.29) is 24.8 Å². The van der Waals surface area contributed by atoms with Gasteiger partial charge in [-0.05, 0) is 48.8 Å². The Morgan fingerprint density at radius 1 is 1.21 bits per heavy atom. The molecule has 2 aromatic rings. The number of aromatic nitrogens is 2. The van der Waals surface area contributed by atoms with Gasteiger partial charge in [0.15, 0.2) is 6.61 Å². The standard InChI is InChI=1S/C25H34N4O5/c1-2-11-29-19(7-10-27-29)24(33)28-12-8-25(9-13-28)15-21(31)20(30)14-18-5-3-4-6-22(18)34-16-23(32)26-17-25/h3-7,10,20-21,30-31H,2,8-9,11-17H2,1H3,(H,26,32)/t20-,21+/m0/s1. The fourth-order valence-corrected chi connectivity index (χ4v) is 4.94. The number of hydrogen-bond donors (Lipinski definition) is 3. The predicted octanol–water partition coefficient (Wildman–Crippen LogP) is 1.38. The Morgan fingerprint density at radius 3 is 2.74 bits per heavy atom. The molecule has 0 radical (unpaired) electrons. The van der Waals surface area contributed by atoms with E-state index in [9.17, 15) is 19.8 Å². The highest BCUT2D eigenvalue weighted by Gasteiger charge is 2.40. The number of carbonyl (C=O) groups is 2. The molecule has 2 aliphatic rings. The molecule has 0 saturated carbocycles. The van der Waals surface area contributed by atoms with Gasteiger partial charge < -0.3 is 25.2 Å². The molecule has 3 N–H and O–H groups in total. The van der Waals surface area contributed by atoms with Crippen molar-refractivity contribution in [2.45, 2.75) is 57.8 Å². The Hall–Kier alpha value is -2.91. The summed E-state index contributed by atoms with van der Waals surface area (Å²) in [6.07, 6.45) is 2.42. The molecule has 1 aromatic heterocycles. The van der Waals surface area contributed by atoms with Gasteiger partial charge >= 0.3 is 0 Å². The minimum atomic E-state index is -0.961. The van der Waals surface area contributed by atoms with Crippen LogP contribution in [0.3, 0.4) is 0 Å². The van der Waals surface area contributed by atoms with Crippen LogP contribution in [0.1, 0.15) is 48.7 Å². The van der Waals surface area contributed by atoms with Gasteiger partial charge in [0.05, 0.1) is 12.2 Å². The summed E-state index contributed by atoms with van der Waals surface area (Å²) < 4.78 is 7.42. The fraction of sp³-hybridized carbons (Fsp3) is 0.560. The molecule has 184 valence electrons. The first-order valence-corrected chi connectivity index (χ1v) is 12.1. The Kier molecular flexibility index (Phi) is 7.53. The minimum Gasteiger partial charge on any atom is -0.483 e. The predicted molar refractivity (Wildman–Crippen MR) is 125 cm³/mol. The van der Waals surface area contributed by atoms with E-state index >= 15 is 0 Å². The lowest BCUT2D eigenvalue weighted by Crippen LogP contribution is -2.51. The smallest absolute Gasteiger partial charge is 0.272 e. The Bertz CT molecular complexity index is 999. The average molecular weight is 471 g/mol. The average Bonchev–Trinajstić information content (AvgIpc) is 3.30. The van der Waals surface area contributed by atoms with Crippen molar-refractivity contribution in [1.29, 1.82) is 0 Å². The maximum atomic E-state index is 13.1. The van der Waals surface area contributed by atoms with Gasteiger partial charge in [0, 0.05) is 38.8 Å². The molecular weight excluding hydrogens is 436 g/mol. The van der Waals surface area contributed by atoms with Gasteiger partial charge in [0.2, 0.25) is 0 Å². The number of amides is 2. The van der Waals surface area contributed by atoms with Crippen LogP contribution in [-0.2, 0) is 17.8 Å². The molecule has 1 fully saturated rings. The van der Waals surface area contributed by atoms with E-state index in [1.807, 2.05) is 30.0 Å². The number of aliphatic hydroxyl groups is 2. The second-order valence-electron chi connectivity index (χ2n) is 9.45. The summed E-state index contributed by atoms with van der Waals surface area (Å²) in [7, 11) is 0. The first kappa shape index (κ1) is 24.2. The van der Waals surface area contributed by atoms with Crippen molar-refractivity contribution in [1.82, 2.24) is 20.0 Å². The van der Waals surface area contributed by atoms with Crippen molar-refractivity contribution in [3.63, 3.8) is 0 Å². The molecule has 9 nitrogen and oxygen atoms in total. The number of benzene rings is 1. The third kappa shape index (κ3) is 5.42. The Morgan fingerprint density at radius 2 is 1.97 bits per heavy atom. The number of aliphatic hydroxyl groups excluding tert-OH is 2. The second kappa shape index (κ2) is 10.6. The first-order valence-electron chi connectivity index (χ1n) is 12.1. The van der Waals surface area contributed by atoms with Crippen LogP contribution >= 0.6 is 0 Å². The van der Waals surface area contributed by atoms with Crippen LogP contribution in [0, 0.1) is 5.41 Å². The molecule has 2 amide bonds. The largest absolute Gasteiger partial charge is 0.483 e. The summed E-state index contributed by atoms with van der Waals surface area (Å²) in [5, 5.41) is 28.9. The van der Waals surface area contributed by atoms with E-state index < -0.39 is 17.6 Å². The van der Waals surface area contributed by atoms with Gasteiger partial charge in [-0.1, -0.05) is 25.1 Å². The lowest BCUT2D eigenvalue weighted by molar-refractivity contribution is -0.124. The SMILES string of the molecule is CCCn1nccc1C(=O)N1CCC2(CC1)CNC(=O)COc1ccccc1C[C@H](O)[C@H](O)C2. The van der Waals surface area contributed by atoms with Crippen LogP contribution in [0.15, 0.2) is 36.5 Å². The highest BCUT2D eigenvalue weighted by molar-refractivity contribution is 5.92. The normalized spacial score (nSPS) is 23.3. The Balaban J connectivity index is 1.47. The van der Waals surface area contributed by atoms with Crippen LogP contribution in [0.4, 0.5) is 0 Å². The van der Waals surface area contributed by atoms with Gasteiger partial charge in [0.1, 0.15) is 11.4 Å². The number of hydrogen-bond acceptors (Lipinski definition) is 6. The number of piperidine rings is 1. The zero-order valence-corrected chi connectivity index (χ0v) is 19.7. The van der Waals surface area contributed by atoms with Crippen LogP contribution in [-0.4, -0.2) is 75.2 Å². The minimum absolute atomic E-state index is 0.0522. The molecule has 3 heterocycles. The van der Waals surface area contributed by atoms with Gasteiger partial charge in [-0.3, -0.25) is 14.3 Å². The summed E-state index contributed by atoms with van der Waals surface area (Å²) in [4.78, 5) is 27.4. The summed E-state index contributed by atoms with van der Waals surface area (Å²) in [6.45, 7) is 3.99. The maximum absolute atomic E-state index is 13.1. The summed E-state index contributed by atoms with van der Waals surface area (Å²) in [5.41, 5.74) is 0.909. The van der Waals surface area contributed by atoms with Crippen molar-refractivity contribution in [2.24, 2.45) is 5.41 Å². The molecule has 0 aliphatic carbocycles. The van der Waals surface area contributed by atoms with E-state index in [4.69, 9.17) is 4.74 Å². The van der Waals surface area contributed by atoms with Crippen LogP contribution in [0.2, 0.25) is 0 Å². The number of rotatable bonds is 3. The van der Waals surface area contributed by atoms with Crippen LogP contribution < -0.4 is 10.1 Å². The zero-order valence-electron chi connectivity index (χ0n) is 19.7. The molecule has 34 heavy (non-hydrogen) atoms. The fourth-order valence-electron chi connectivity index (χ4n) is 4.94. The van der Waals surface area contributed by atoms with Crippen molar-refractivity contribution < 1.29 is 24.5 Å². The molecule has 2 atom stereocenters. The number of ether oxygens (including phenoxy) is 1. The molecule has 1 spiro atoms. The number of nitrogens with one attached hydrogen (secondary N) is 1. The molecule has 9 heteroatoms. The van der Waals surface area contributed by atoms with Gasteiger partial charge in [0.25, 0.3) is 11.8 Å². The van der Waals surface area contributed by atoms with E-state index in [1.165, 1.54) is 0 Å². The number of fused-ring (bicyclic) bond motifs is 1. The third-order valence-corrected chi connectivity index (χ3v) is 6.99. The molecule has 4 rings (SSSR count). The van der Waals surface area contributed by atoms with Gasteiger partial charge in [-0.2, -0.15) is 5.10 Å². The first-order chi connectivity index (χ1) is 16.4. The van der Waals surface area contributed by atoms with Crippen LogP contribution in [0.25, 0.3) is 0 Å². The van der Waals surface area contributed by atoms with Gasteiger partial charge in [-0.25, -0.2) is 0 Å². The number of carbonyl (C=O) groups excluding carboxylic acids is 2. The summed E-state index contributed by atoms with van der Waals surface area (Å²) in [5.74, 6) is 0.253. The lowest BCUT2D eigenvalue weighted by Gasteiger charge is -2.43. The lowest BCUT2D eigenvalue weighted by atomic mass is 9.73. The highest BCUT2D eigenvalue weighted by atomic mass is 16.5. The quantitative estimate of drug-likeness (QED) is 0.624. The van der Waals surface area contributed by atoms with E-state index in [2.05, 4.69) is 10.4 Å². The van der Waals surface area contributed by atoms with E-state index in [0.29, 0.717) is 56.9 Å². The van der Waals surface area contributed by atoms with Crippen molar-refractivity contribution in [3.8, 4) is 5.75 Å². The molecule has 1 saturated heterocycles. The molecule has 1 aromatic carbocycles. The Labute approximate surface area is 199 Å². The van der Waals surface area contributed by atoms with Crippen molar-refractivity contribution in [3.05, 3.63) is 47.8 Å². The maximum Gasteiger partial charge on any atom is 0.272 e. The van der Waals surface area contributed by atoms with Crippen molar-refractivity contribution in [2.75, 3.05) is 26.2 Å². The number of likely N-dealkylation sites (tertiary alicyclic amines) is 1. The monoisotopic (exact) mass is 470 g/mol. The summed E-state index contributed by atoms with van der Waals surface area (Å²) >= 11 is 0. The van der Waals surface area contributed by atoms with Gasteiger partial charge in [-0.15, -0.1) is 0 Å². The highest BCUT2D eigenvalue weighted by Crippen LogP contribution is 2.37. The third-order valence-electron chi connectivity index (χ3n) is 6.99. The number of nitrogens with zero attached hydrogens (tertiary/aromatic N) is 3. The van der Waals surface area contributed by atoms with Crippen LogP contribution in [0.5, 0.6) is 5.75 Å². The van der Waals surface area contributed by atoms with E-state index in [0.717, 1.165) is 12.0 Å². The molecular formula is C25H34N4O5. The summed E-state index contributed by atoms with van der Waals surface area (Å²) in [6, 6.07) is 8.99. The number of aryl methyl sites for hydroxylation is 1. The number of para-hydroxylation sites is 1. The zero-order chi connectivity index (χ0) is 24.1. The second-order valence-corrected chi connectivity index (χ2v) is 9.45. The van der Waals surface area contributed by atoms with Crippen molar-refractivity contribution >= 4 is 11.8 Å². The topological polar surface area (TPSA) is 117 Å². The molecule has 0 bridgehead atoms. The van der Waals surface area contributed by atoms with E-state index in [1.54, 1.807) is 23.0 Å². The molecule has 2 aliphatic heterocycles.